The first-order valence-electron chi connectivity index (χ1n) is 0.548. The average molecular weight is 384 g/mol. The summed E-state index contributed by atoms with van der Waals surface area (Å²) in [6.45, 7) is 0. The Kier molecular flexibility index (Phi) is 475. The Balaban J connectivity index is -0.00000000300. The fourth-order valence-electron chi connectivity index (χ4n) is 0. The quantitative estimate of drug-likeness (QED) is 0.298. The standard InChI is InChI=1S/NO3.5H2O.Th/c2-1(3)4;;;;;;/h;5*1H2;/q-1;;;;;;. The Hall–Kier alpha value is 0.325. The normalized spacial score (nSPS) is 2.40. The molecule has 0 radical (unpaired) electrons. The number of rotatable bonds is 0. The SMILES string of the molecule is O.O.O.O.O.O=[N+]([O-])[O-].[Th]. The molecule has 0 unspecified atom stereocenters. The van der Waals surface area contributed by atoms with E-state index in [-0.39, 0.29) is 67.3 Å². The van der Waals surface area contributed by atoms with Crippen molar-refractivity contribution in [2.75, 3.05) is 0 Å². The molecule has 0 aliphatic heterocycles. The van der Waals surface area contributed by atoms with Crippen LogP contribution < -0.4 is 0 Å². The summed E-state index contributed by atoms with van der Waals surface area (Å²) >= 11 is 0. The predicted molar refractivity (Wildman–Crippen MR) is 28.4 cm³/mol. The van der Waals surface area contributed by atoms with Crippen molar-refractivity contribution in [2.45, 2.75) is 0 Å². The van der Waals surface area contributed by atoms with Gasteiger partial charge >= 0.3 is 0 Å². The maximum Gasteiger partial charge on any atom is 0.0689 e. The van der Waals surface area contributed by atoms with Crippen molar-refractivity contribution in [1.82, 2.24) is 0 Å². The van der Waals surface area contributed by atoms with Gasteiger partial charge in [0.05, 0.1) is 5.09 Å². The maximum atomic E-state index is 8.25. The van der Waals surface area contributed by atoms with E-state index < -0.39 is 5.09 Å². The van der Waals surface area contributed by atoms with Gasteiger partial charge in [-0.1, -0.05) is 0 Å². The van der Waals surface area contributed by atoms with E-state index in [1.165, 1.54) is 0 Å². The van der Waals surface area contributed by atoms with Gasteiger partial charge < -0.3 is 42.7 Å². The van der Waals surface area contributed by atoms with Gasteiger partial charge in [-0.3, -0.25) is 0 Å². The predicted octanol–water partition coefficient (Wildman–Crippen LogP) is -4.36. The summed E-state index contributed by atoms with van der Waals surface area (Å²) in [5, 5.41) is 14.8. The Morgan fingerprint density at radius 2 is 0.800 bits per heavy atom. The van der Waals surface area contributed by atoms with E-state index in [0.29, 0.717) is 0 Å². The molecule has 0 aromatic carbocycles. The first-order chi connectivity index (χ1) is 1.73. The van der Waals surface area contributed by atoms with Gasteiger partial charge in [0.15, 0.2) is 0 Å². The maximum absolute atomic E-state index is 8.25. The molecule has 0 aromatic rings. The average Bonchev–Trinajstić information content (AvgIpc) is 0.811. The third kappa shape index (κ3) is 4240. The van der Waals surface area contributed by atoms with E-state index in [0.717, 1.165) is 0 Å². The summed E-state index contributed by atoms with van der Waals surface area (Å²) in [6, 6.07) is 0. The van der Waals surface area contributed by atoms with E-state index in [2.05, 4.69) is 0 Å². The van der Waals surface area contributed by atoms with Crippen molar-refractivity contribution >= 4 is 0 Å². The monoisotopic (exact) mass is 384 g/mol. The number of hydrogen-bond acceptors (Lipinski definition) is 3. The summed E-state index contributed by atoms with van der Waals surface area (Å²) < 4.78 is 0. The minimum Gasteiger partial charge on any atom is -0.412 e. The van der Waals surface area contributed by atoms with E-state index in [1.54, 1.807) is 0 Å². The van der Waals surface area contributed by atoms with Crippen LogP contribution in [0.5, 0.6) is 0 Å². The Bertz CT molecular complexity index is 32.2. The van der Waals surface area contributed by atoms with Crippen LogP contribution in [0, 0.1) is 55.3 Å². The first kappa shape index (κ1) is 81.2. The summed E-state index contributed by atoms with van der Waals surface area (Å²) in [5.41, 5.74) is 0. The molecule has 0 atom stereocenters. The van der Waals surface area contributed by atoms with Crippen LogP contribution >= 0.6 is 0 Å². The third-order valence-corrected chi connectivity index (χ3v) is 0. The van der Waals surface area contributed by atoms with Gasteiger partial charge in [0.25, 0.3) is 0 Å². The van der Waals surface area contributed by atoms with Gasteiger partial charge in [0.1, 0.15) is 0 Å². The van der Waals surface area contributed by atoms with Gasteiger partial charge in [-0.25, -0.2) is 0 Å². The van der Waals surface area contributed by atoms with Crippen LogP contribution in [-0.2, 0) is 0 Å². The molecule has 10 heavy (non-hydrogen) atoms. The smallest absolute Gasteiger partial charge is 0.0689 e. The zero-order chi connectivity index (χ0) is 3.58. The van der Waals surface area contributed by atoms with Crippen LogP contribution in [-0.4, -0.2) is 32.5 Å². The summed E-state index contributed by atoms with van der Waals surface area (Å²) in [5.74, 6) is 0. The van der Waals surface area contributed by atoms with Crippen LogP contribution in [0.15, 0.2) is 0 Å². The molecule has 9 nitrogen and oxygen atoms in total. The molecule has 0 fully saturated rings. The van der Waals surface area contributed by atoms with E-state index >= 15 is 0 Å². The molecular weight excluding hydrogens is 374 g/mol. The van der Waals surface area contributed by atoms with Crippen molar-refractivity contribution < 1.29 is 72.4 Å². The summed E-state index contributed by atoms with van der Waals surface area (Å²) in [7, 11) is 0. The number of nitrogens with zero attached hydrogens (tertiary/aromatic N) is 1. The largest absolute Gasteiger partial charge is 0.412 e. The molecule has 0 heterocycles. The fourth-order valence-corrected chi connectivity index (χ4v) is 0. The van der Waals surface area contributed by atoms with Gasteiger partial charge in [0.2, 0.25) is 0 Å². The minimum atomic E-state index is -1.75. The Morgan fingerprint density at radius 1 is 0.800 bits per heavy atom. The van der Waals surface area contributed by atoms with Gasteiger partial charge in [-0.2, -0.15) is 0 Å². The van der Waals surface area contributed by atoms with Crippen LogP contribution in [0.1, 0.15) is 0 Å². The van der Waals surface area contributed by atoms with E-state index in [9.17, 15) is 0 Å². The van der Waals surface area contributed by atoms with E-state index in [1.807, 2.05) is 0 Å². The fraction of sp³-hybridized carbons (Fsp3) is 0. The van der Waals surface area contributed by atoms with Gasteiger partial charge in [-0.15, -0.1) is 0 Å². The zero-order valence-corrected chi connectivity index (χ0v) is 8.78. The molecule has 0 saturated carbocycles. The molecule has 0 aromatic heterocycles. The molecule has 0 bridgehead atoms. The molecule has 0 aliphatic carbocycles. The minimum absolute atomic E-state index is 0. The molecule has 0 amide bonds. The van der Waals surface area contributed by atoms with Crippen LogP contribution in [0.25, 0.3) is 0 Å². The molecule has 68 valence electrons. The van der Waals surface area contributed by atoms with Gasteiger partial charge in [0, 0.05) is 39.9 Å². The number of hydrogen-bond donors (Lipinski definition) is 0. The second-order valence-corrected chi connectivity index (χ2v) is 0.224. The Labute approximate surface area is 87.4 Å². The van der Waals surface area contributed by atoms with Crippen molar-refractivity contribution in [1.29, 1.82) is 0 Å². The third-order valence-electron chi connectivity index (χ3n) is 0. The summed E-state index contributed by atoms with van der Waals surface area (Å²) in [4.78, 5) is 8.25. The first-order valence-corrected chi connectivity index (χ1v) is 0.548. The van der Waals surface area contributed by atoms with Crippen molar-refractivity contribution in [3.8, 4) is 0 Å². The second-order valence-electron chi connectivity index (χ2n) is 0.224. The van der Waals surface area contributed by atoms with Crippen molar-refractivity contribution in [3.63, 3.8) is 0 Å². The molecular formula is H10NO8Th-. The molecule has 10 heteroatoms. The summed E-state index contributed by atoms with van der Waals surface area (Å²) in [6.07, 6.45) is 0. The zero-order valence-electron chi connectivity index (χ0n) is 4.67. The van der Waals surface area contributed by atoms with Gasteiger partial charge in [-0.05, 0) is 0 Å². The van der Waals surface area contributed by atoms with Crippen LogP contribution in [0.4, 0.5) is 0 Å². The van der Waals surface area contributed by atoms with Crippen molar-refractivity contribution in [3.05, 3.63) is 15.3 Å². The molecule has 0 aliphatic rings. The van der Waals surface area contributed by atoms with Crippen molar-refractivity contribution in [2.24, 2.45) is 0 Å². The Morgan fingerprint density at radius 3 is 0.800 bits per heavy atom. The van der Waals surface area contributed by atoms with Crippen LogP contribution in [0.2, 0.25) is 0 Å². The van der Waals surface area contributed by atoms with Crippen LogP contribution in [0.3, 0.4) is 0 Å². The molecule has 0 rings (SSSR count). The second kappa shape index (κ2) is 58.5. The topological polar surface area (TPSA) is 224 Å². The molecule has 10 N–H and O–H groups in total. The van der Waals surface area contributed by atoms with E-state index in [4.69, 9.17) is 15.3 Å². The molecule has 0 spiro atoms. The molecule has 0 saturated heterocycles.